The number of halogens is 4. The molecule has 26 heavy (non-hydrogen) atoms. The Morgan fingerprint density at radius 3 is 2.65 bits per heavy atom. The average molecular weight is 389 g/mol. The fourth-order valence-electron chi connectivity index (χ4n) is 2.04. The van der Waals surface area contributed by atoms with Crippen molar-refractivity contribution in [3.8, 4) is 0 Å². The molecule has 0 bridgehead atoms. The second kappa shape index (κ2) is 8.33. The molecule has 0 radical (unpaired) electrons. The van der Waals surface area contributed by atoms with Gasteiger partial charge >= 0.3 is 6.18 Å². The van der Waals surface area contributed by atoms with Crippen LogP contribution in [0.4, 0.5) is 24.7 Å². The van der Waals surface area contributed by atoms with Gasteiger partial charge in [0.25, 0.3) is 5.91 Å². The first-order valence-electron chi connectivity index (χ1n) is 7.47. The molecule has 0 aliphatic heterocycles. The number of aromatic nitrogens is 2. The van der Waals surface area contributed by atoms with E-state index in [4.69, 9.17) is 16.3 Å². The minimum absolute atomic E-state index is 0.00843. The second-order valence-electron chi connectivity index (χ2n) is 5.25. The van der Waals surface area contributed by atoms with Gasteiger partial charge in [0.2, 0.25) is 0 Å². The zero-order chi connectivity index (χ0) is 19.3. The molecule has 6 nitrogen and oxygen atoms in total. The lowest BCUT2D eigenvalue weighted by Gasteiger charge is -2.12. The van der Waals surface area contributed by atoms with E-state index in [1.807, 2.05) is 0 Å². The Morgan fingerprint density at radius 1 is 1.27 bits per heavy atom. The number of hydrogen-bond donors (Lipinski definition) is 2. The van der Waals surface area contributed by atoms with Gasteiger partial charge in [-0.3, -0.25) is 4.79 Å². The number of anilines is 2. The van der Waals surface area contributed by atoms with Crippen LogP contribution in [0.5, 0.6) is 0 Å². The van der Waals surface area contributed by atoms with E-state index < -0.39 is 17.6 Å². The van der Waals surface area contributed by atoms with Gasteiger partial charge in [-0.25, -0.2) is 9.97 Å². The molecular formula is C16H16ClF3N4O2. The van der Waals surface area contributed by atoms with Crippen molar-refractivity contribution in [2.45, 2.75) is 13.1 Å². The van der Waals surface area contributed by atoms with E-state index in [0.717, 1.165) is 18.2 Å². The van der Waals surface area contributed by atoms with Crippen LogP contribution in [-0.4, -0.2) is 36.1 Å². The Labute approximate surface area is 152 Å². The molecule has 2 rings (SSSR count). The van der Waals surface area contributed by atoms with Gasteiger partial charge in [0, 0.05) is 19.7 Å². The molecule has 10 heteroatoms. The highest BCUT2D eigenvalue weighted by Crippen LogP contribution is 2.33. The average Bonchev–Trinajstić information content (AvgIpc) is 2.55. The van der Waals surface area contributed by atoms with Gasteiger partial charge < -0.3 is 15.4 Å². The Hall–Kier alpha value is -2.39. The summed E-state index contributed by atoms with van der Waals surface area (Å²) in [4.78, 5) is 20.5. The first kappa shape index (κ1) is 19.9. The Balaban J connectivity index is 2.22. The van der Waals surface area contributed by atoms with Gasteiger partial charge in [-0.15, -0.1) is 0 Å². The van der Waals surface area contributed by atoms with Crippen LogP contribution in [0.25, 0.3) is 0 Å². The maximum absolute atomic E-state index is 12.8. The van der Waals surface area contributed by atoms with Crippen LogP contribution in [0.1, 0.15) is 21.9 Å². The van der Waals surface area contributed by atoms with Crippen molar-refractivity contribution < 1.29 is 22.7 Å². The number of nitrogens with zero attached hydrogens (tertiary/aromatic N) is 2. The minimum Gasteiger partial charge on any atom is -0.383 e. The summed E-state index contributed by atoms with van der Waals surface area (Å²) in [7, 11) is 1.55. The van der Waals surface area contributed by atoms with Gasteiger partial charge in [0.05, 0.1) is 22.9 Å². The van der Waals surface area contributed by atoms with Crippen LogP contribution >= 0.6 is 11.6 Å². The zero-order valence-corrected chi connectivity index (χ0v) is 14.7. The van der Waals surface area contributed by atoms with Crippen LogP contribution in [0.3, 0.4) is 0 Å². The summed E-state index contributed by atoms with van der Waals surface area (Å²) in [5, 5.41) is 5.28. The summed E-state index contributed by atoms with van der Waals surface area (Å²) in [6, 6.07) is 4.07. The molecule has 0 unspecified atom stereocenters. The monoisotopic (exact) mass is 388 g/mol. The number of ether oxygens (including phenoxy) is 1. The second-order valence-corrected chi connectivity index (χ2v) is 5.66. The highest BCUT2D eigenvalue weighted by molar-refractivity contribution is 6.33. The van der Waals surface area contributed by atoms with E-state index >= 15 is 0 Å². The van der Waals surface area contributed by atoms with Crippen molar-refractivity contribution >= 4 is 29.0 Å². The highest BCUT2D eigenvalue weighted by atomic mass is 35.5. The molecule has 2 aromatic rings. The molecule has 2 N–H and O–H groups in total. The summed E-state index contributed by atoms with van der Waals surface area (Å²) >= 11 is 5.88. The van der Waals surface area contributed by atoms with E-state index in [0.29, 0.717) is 24.8 Å². The molecule has 0 aliphatic carbocycles. The number of alkyl halides is 3. The number of nitrogens with one attached hydrogen (secondary N) is 2. The third-order valence-electron chi connectivity index (χ3n) is 3.22. The third kappa shape index (κ3) is 5.30. The van der Waals surface area contributed by atoms with Gasteiger partial charge in [0.15, 0.2) is 0 Å². The first-order chi connectivity index (χ1) is 12.2. The first-order valence-corrected chi connectivity index (χ1v) is 7.85. The van der Waals surface area contributed by atoms with Crippen LogP contribution in [0.2, 0.25) is 5.02 Å². The molecule has 0 fully saturated rings. The molecule has 1 heterocycles. The molecule has 0 saturated carbocycles. The number of rotatable bonds is 6. The Bertz CT molecular complexity index is 800. The summed E-state index contributed by atoms with van der Waals surface area (Å²) < 4.78 is 43.4. The normalized spacial score (nSPS) is 11.3. The molecule has 0 aliphatic rings. The number of carbonyl (C=O) groups excluding carboxylic acids is 1. The van der Waals surface area contributed by atoms with Crippen molar-refractivity contribution in [2.24, 2.45) is 0 Å². The molecule has 1 aromatic heterocycles. The maximum Gasteiger partial charge on any atom is 0.416 e. The van der Waals surface area contributed by atoms with Crippen molar-refractivity contribution in [1.82, 2.24) is 9.97 Å². The number of methoxy groups -OCH3 is 1. The smallest absolute Gasteiger partial charge is 0.383 e. The summed E-state index contributed by atoms with van der Waals surface area (Å²) in [5.74, 6) is 0.0223. The van der Waals surface area contributed by atoms with Gasteiger partial charge in [0.1, 0.15) is 17.3 Å². The number of carbonyl (C=O) groups is 1. The number of benzene rings is 1. The highest BCUT2D eigenvalue weighted by Gasteiger charge is 2.31. The lowest BCUT2D eigenvalue weighted by atomic mass is 10.2. The van der Waals surface area contributed by atoms with Crippen molar-refractivity contribution in [2.75, 3.05) is 30.9 Å². The molecule has 0 saturated heterocycles. The fraction of sp³-hybridized carbons (Fsp3) is 0.312. The van der Waals surface area contributed by atoms with Crippen molar-refractivity contribution in [3.05, 3.63) is 46.4 Å². The third-order valence-corrected chi connectivity index (χ3v) is 3.55. The lowest BCUT2D eigenvalue weighted by Crippen LogP contribution is -2.17. The van der Waals surface area contributed by atoms with E-state index in [1.165, 1.54) is 6.07 Å². The predicted octanol–water partition coefficient (Wildman–Crippen LogP) is 3.77. The maximum atomic E-state index is 12.8. The Kier molecular flexibility index (Phi) is 6.38. The van der Waals surface area contributed by atoms with Crippen LogP contribution in [0.15, 0.2) is 24.3 Å². The van der Waals surface area contributed by atoms with Crippen LogP contribution < -0.4 is 10.6 Å². The van der Waals surface area contributed by atoms with E-state index in [9.17, 15) is 18.0 Å². The molecule has 1 amide bonds. The number of hydrogen-bond acceptors (Lipinski definition) is 5. The largest absolute Gasteiger partial charge is 0.416 e. The lowest BCUT2D eigenvalue weighted by molar-refractivity contribution is -0.137. The summed E-state index contributed by atoms with van der Waals surface area (Å²) in [5.41, 5.74) is -1.08. The van der Waals surface area contributed by atoms with Gasteiger partial charge in [-0.05, 0) is 25.1 Å². The molecule has 0 atom stereocenters. The van der Waals surface area contributed by atoms with Crippen molar-refractivity contribution in [3.63, 3.8) is 0 Å². The SMILES string of the molecule is COCCNc1cc(C(=O)Nc2cc(C(F)(F)F)ccc2Cl)nc(C)n1. The Morgan fingerprint density at radius 2 is 2.00 bits per heavy atom. The van der Waals surface area contributed by atoms with Gasteiger partial charge in [-0.1, -0.05) is 11.6 Å². The number of aryl methyl sites for hydroxylation is 1. The quantitative estimate of drug-likeness (QED) is 0.737. The van der Waals surface area contributed by atoms with E-state index in [1.54, 1.807) is 14.0 Å². The standard InChI is InChI=1S/C16H16ClF3N4O2/c1-9-22-13(8-14(23-9)21-5-6-26-2)15(25)24-12-7-10(16(18,19)20)3-4-11(12)17/h3-4,7-8H,5-6H2,1-2H3,(H,24,25)(H,21,22,23). The predicted molar refractivity (Wildman–Crippen MR) is 91.5 cm³/mol. The molecular weight excluding hydrogens is 373 g/mol. The summed E-state index contributed by atoms with van der Waals surface area (Å²) in [6.45, 7) is 2.49. The van der Waals surface area contributed by atoms with E-state index in [2.05, 4.69) is 20.6 Å². The topological polar surface area (TPSA) is 76.1 Å². The molecule has 0 spiro atoms. The minimum atomic E-state index is -4.55. The fourth-order valence-corrected chi connectivity index (χ4v) is 2.20. The molecule has 1 aromatic carbocycles. The van der Waals surface area contributed by atoms with Crippen LogP contribution in [0, 0.1) is 6.92 Å². The van der Waals surface area contributed by atoms with Gasteiger partial charge in [-0.2, -0.15) is 13.2 Å². The van der Waals surface area contributed by atoms with E-state index in [-0.39, 0.29) is 16.4 Å². The molecule has 140 valence electrons. The van der Waals surface area contributed by atoms with Crippen LogP contribution in [-0.2, 0) is 10.9 Å². The summed E-state index contributed by atoms with van der Waals surface area (Å²) in [6.07, 6.45) is -4.55. The van der Waals surface area contributed by atoms with Crippen molar-refractivity contribution in [1.29, 1.82) is 0 Å². The zero-order valence-electron chi connectivity index (χ0n) is 13.9. The number of amides is 1.